The van der Waals surface area contributed by atoms with Gasteiger partial charge in [-0.1, -0.05) is 11.6 Å². The van der Waals surface area contributed by atoms with Crippen LogP contribution in [0, 0.1) is 12.8 Å². The largest absolute Gasteiger partial charge is 0.469 e. The second-order valence-electron chi connectivity index (χ2n) is 6.68. The Morgan fingerprint density at radius 1 is 1.35 bits per heavy atom. The number of nitrogens with one attached hydrogen (secondary N) is 1. The van der Waals surface area contributed by atoms with Crippen molar-refractivity contribution in [1.29, 1.82) is 0 Å². The lowest BCUT2D eigenvalue weighted by atomic mass is 10.1. The van der Waals surface area contributed by atoms with Crippen LogP contribution in [-0.4, -0.2) is 35.8 Å². The van der Waals surface area contributed by atoms with E-state index in [1.54, 1.807) is 36.1 Å². The van der Waals surface area contributed by atoms with Crippen molar-refractivity contribution >= 4 is 29.1 Å². The standard InChI is InChI=1S/C19H22ClN3O3/c1-11-7-13(9-21)10-23(11)19(25)16-4-3-14(20)8-17(16)22-18(24)15-5-6-26-12(15)2/h3-6,8,11,13H,7,9-10,21H2,1-2H3,(H,22,24). The molecule has 0 saturated carbocycles. The van der Waals surface area contributed by atoms with Gasteiger partial charge >= 0.3 is 0 Å². The van der Waals surface area contributed by atoms with Crippen molar-refractivity contribution in [2.24, 2.45) is 11.7 Å². The molecule has 0 aliphatic carbocycles. The van der Waals surface area contributed by atoms with E-state index in [9.17, 15) is 9.59 Å². The van der Waals surface area contributed by atoms with E-state index in [4.69, 9.17) is 21.8 Å². The van der Waals surface area contributed by atoms with Gasteiger partial charge in [-0.3, -0.25) is 9.59 Å². The topological polar surface area (TPSA) is 88.6 Å². The van der Waals surface area contributed by atoms with Crippen molar-refractivity contribution in [3.05, 3.63) is 52.4 Å². The van der Waals surface area contributed by atoms with Gasteiger partial charge in [0.2, 0.25) is 0 Å². The molecule has 3 N–H and O–H groups in total. The van der Waals surface area contributed by atoms with Crippen LogP contribution in [-0.2, 0) is 0 Å². The molecular weight excluding hydrogens is 354 g/mol. The van der Waals surface area contributed by atoms with E-state index in [0.717, 1.165) is 6.42 Å². The number of nitrogens with zero attached hydrogens (tertiary/aromatic N) is 1. The number of aryl methyl sites for hydroxylation is 1. The number of amides is 2. The minimum absolute atomic E-state index is 0.103. The van der Waals surface area contributed by atoms with Crippen molar-refractivity contribution in [2.75, 3.05) is 18.4 Å². The molecule has 2 atom stereocenters. The lowest BCUT2D eigenvalue weighted by Crippen LogP contribution is -2.35. The predicted molar refractivity (Wildman–Crippen MR) is 101 cm³/mol. The third kappa shape index (κ3) is 3.61. The summed E-state index contributed by atoms with van der Waals surface area (Å²) in [4.78, 5) is 27.4. The summed E-state index contributed by atoms with van der Waals surface area (Å²) in [6.07, 6.45) is 2.33. The number of rotatable bonds is 4. The molecule has 1 aliphatic rings. The van der Waals surface area contributed by atoms with Crippen LogP contribution in [0.5, 0.6) is 0 Å². The van der Waals surface area contributed by atoms with Crippen molar-refractivity contribution in [2.45, 2.75) is 26.3 Å². The van der Waals surface area contributed by atoms with Crippen molar-refractivity contribution in [3.8, 4) is 0 Å². The van der Waals surface area contributed by atoms with Crippen LogP contribution in [0.15, 0.2) is 34.9 Å². The number of carbonyl (C=O) groups excluding carboxylic acids is 2. The Bertz CT molecular complexity index is 833. The smallest absolute Gasteiger partial charge is 0.259 e. The lowest BCUT2D eigenvalue weighted by molar-refractivity contribution is 0.0744. The maximum Gasteiger partial charge on any atom is 0.259 e. The van der Waals surface area contributed by atoms with Crippen LogP contribution in [0.25, 0.3) is 0 Å². The van der Waals surface area contributed by atoms with Crippen molar-refractivity contribution in [3.63, 3.8) is 0 Å². The number of hydrogen-bond acceptors (Lipinski definition) is 4. The van der Waals surface area contributed by atoms with E-state index < -0.39 is 0 Å². The molecule has 1 aliphatic heterocycles. The molecule has 2 aromatic rings. The van der Waals surface area contributed by atoms with Gasteiger partial charge in [0, 0.05) is 17.6 Å². The lowest BCUT2D eigenvalue weighted by Gasteiger charge is -2.23. The first kappa shape index (κ1) is 18.5. The molecule has 1 aromatic carbocycles. The normalized spacial score (nSPS) is 19.6. The SMILES string of the molecule is Cc1occc1C(=O)Nc1cc(Cl)ccc1C(=O)N1CC(CN)CC1C. The van der Waals surface area contributed by atoms with Crippen molar-refractivity contribution < 1.29 is 14.0 Å². The van der Waals surface area contributed by atoms with Crippen LogP contribution in [0.1, 0.15) is 39.8 Å². The Kier molecular flexibility index (Phi) is 5.34. The first-order valence-electron chi connectivity index (χ1n) is 8.56. The van der Waals surface area contributed by atoms with Crippen molar-refractivity contribution in [1.82, 2.24) is 4.90 Å². The van der Waals surface area contributed by atoms with Crippen LogP contribution < -0.4 is 11.1 Å². The molecular formula is C19H22ClN3O3. The quantitative estimate of drug-likeness (QED) is 0.858. The van der Waals surface area contributed by atoms with Gasteiger partial charge in [-0.05, 0) is 57.0 Å². The first-order valence-corrected chi connectivity index (χ1v) is 8.94. The molecule has 1 fully saturated rings. The predicted octanol–water partition coefficient (Wildman–Crippen LogP) is 3.30. The Balaban J connectivity index is 1.87. The fourth-order valence-electron chi connectivity index (χ4n) is 3.37. The molecule has 6 nitrogen and oxygen atoms in total. The number of nitrogens with two attached hydrogens (primary N) is 1. The zero-order valence-corrected chi connectivity index (χ0v) is 15.5. The summed E-state index contributed by atoms with van der Waals surface area (Å²) < 4.78 is 5.17. The van der Waals surface area contributed by atoms with Gasteiger partial charge in [-0.25, -0.2) is 0 Å². The van der Waals surface area contributed by atoms with E-state index in [0.29, 0.717) is 46.6 Å². The summed E-state index contributed by atoms with van der Waals surface area (Å²) in [7, 11) is 0. The molecule has 0 radical (unpaired) electrons. The van der Waals surface area contributed by atoms with Gasteiger partial charge in [-0.2, -0.15) is 0 Å². The molecule has 26 heavy (non-hydrogen) atoms. The molecule has 7 heteroatoms. The minimum atomic E-state index is -0.345. The zero-order chi connectivity index (χ0) is 18.8. The summed E-state index contributed by atoms with van der Waals surface area (Å²) in [6.45, 7) is 4.89. The van der Waals surface area contributed by atoms with Gasteiger partial charge in [0.05, 0.1) is 23.1 Å². The van der Waals surface area contributed by atoms with Crippen LogP contribution >= 0.6 is 11.6 Å². The summed E-state index contributed by atoms with van der Waals surface area (Å²) in [5.41, 5.74) is 6.97. The van der Waals surface area contributed by atoms with E-state index in [1.165, 1.54) is 6.26 Å². The molecule has 3 rings (SSSR count). The van der Waals surface area contributed by atoms with Crippen LogP contribution in [0.3, 0.4) is 0 Å². The Labute approximate surface area is 157 Å². The van der Waals surface area contributed by atoms with E-state index in [2.05, 4.69) is 5.32 Å². The number of hydrogen-bond donors (Lipinski definition) is 2. The number of furan rings is 1. The van der Waals surface area contributed by atoms with Crippen LogP contribution in [0.4, 0.5) is 5.69 Å². The third-order valence-electron chi connectivity index (χ3n) is 4.82. The first-order chi connectivity index (χ1) is 12.4. The highest BCUT2D eigenvalue weighted by Gasteiger charge is 2.33. The third-order valence-corrected chi connectivity index (χ3v) is 5.05. The van der Waals surface area contributed by atoms with Gasteiger partial charge in [0.25, 0.3) is 11.8 Å². The molecule has 1 saturated heterocycles. The van der Waals surface area contributed by atoms with E-state index in [1.807, 2.05) is 6.92 Å². The second kappa shape index (κ2) is 7.51. The summed E-state index contributed by atoms with van der Waals surface area (Å²) >= 11 is 6.08. The number of carbonyl (C=O) groups is 2. The van der Waals surface area contributed by atoms with Gasteiger partial charge < -0.3 is 20.4 Å². The Hall–Kier alpha value is -2.31. The maximum absolute atomic E-state index is 13.1. The molecule has 2 unspecified atom stereocenters. The average molecular weight is 376 g/mol. The summed E-state index contributed by atoms with van der Waals surface area (Å²) in [6, 6.07) is 6.57. The monoisotopic (exact) mass is 375 g/mol. The molecule has 2 heterocycles. The molecule has 1 aromatic heterocycles. The summed E-state index contributed by atoms with van der Waals surface area (Å²) in [5.74, 6) is 0.329. The fraction of sp³-hybridized carbons (Fsp3) is 0.368. The van der Waals surface area contributed by atoms with Gasteiger partial charge in [0.15, 0.2) is 0 Å². The fourth-order valence-corrected chi connectivity index (χ4v) is 3.54. The molecule has 0 bridgehead atoms. The molecule has 2 amide bonds. The average Bonchev–Trinajstić information content (AvgIpc) is 3.20. The minimum Gasteiger partial charge on any atom is -0.469 e. The Morgan fingerprint density at radius 3 is 2.73 bits per heavy atom. The molecule has 138 valence electrons. The van der Waals surface area contributed by atoms with Gasteiger partial charge in [-0.15, -0.1) is 0 Å². The van der Waals surface area contributed by atoms with E-state index in [-0.39, 0.29) is 17.9 Å². The molecule has 0 spiro atoms. The number of halogens is 1. The van der Waals surface area contributed by atoms with Gasteiger partial charge in [0.1, 0.15) is 5.76 Å². The number of likely N-dealkylation sites (tertiary alicyclic amines) is 1. The zero-order valence-electron chi connectivity index (χ0n) is 14.8. The summed E-state index contributed by atoms with van der Waals surface area (Å²) in [5, 5.41) is 3.22. The van der Waals surface area contributed by atoms with Crippen LogP contribution in [0.2, 0.25) is 5.02 Å². The number of anilines is 1. The number of benzene rings is 1. The highest BCUT2D eigenvalue weighted by Crippen LogP contribution is 2.28. The highest BCUT2D eigenvalue weighted by atomic mass is 35.5. The second-order valence-corrected chi connectivity index (χ2v) is 7.11. The van der Waals surface area contributed by atoms with E-state index >= 15 is 0 Å². The highest BCUT2D eigenvalue weighted by molar-refractivity contribution is 6.31. The Morgan fingerprint density at radius 2 is 2.12 bits per heavy atom. The maximum atomic E-state index is 13.1.